The Kier molecular flexibility index (Phi) is 5.66. The fraction of sp³-hybridized carbons (Fsp3) is 0.360. The van der Waals surface area contributed by atoms with Gasteiger partial charge < -0.3 is 14.2 Å². The van der Waals surface area contributed by atoms with E-state index < -0.39 is 6.04 Å². The first-order chi connectivity index (χ1) is 15.5. The van der Waals surface area contributed by atoms with Crippen LogP contribution >= 0.6 is 11.6 Å². The Labute approximate surface area is 192 Å². The number of amides is 2. The van der Waals surface area contributed by atoms with Gasteiger partial charge in [-0.25, -0.2) is 0 Å². The minimum atomic E-state index is -0.444. The summed E-state index contributed by atoms with van der Waals surface area (Å²) in [5, 5.41) is 1.78. The lowest BCUT2D eigenvalue weighted by atomic mass is 10.0. The zero-order valence-corrected chi connectivity index (χ0v) is 18.8. The average Bonchev–Trinajstić information content (AvgIpc) is 3.16. The van der Waals surface area contributed by atoms with Gasteiger partial charge in [0, 0.05) is 55.1 Å². The molecule has 0 radical (unpaired) electrons. The molecule has 5 rings (SSSR count). The van der Waals surface area contributed by atoms with Crippen molar-refractivity contribution in [3.8, 4) is 0 Å². The Morgan fingerprint density at radius 1 is 1.03 bits per heavy atom. The highest BCUT2D eigenvalue weighted by molar-refractivity contribution is 6.30. The fourth-order valence-corrected chi connectivity index (χ4v) is 4.94. The summed E-state index contributed by atoms with van der Waals surface area (Å²) in [6, 6.07) is 15.1. The number of aryl methyl sites for hydroxylation is 1. The predicted molar refractivity (Wildman–Crippen MR) is 123 cm³/mol. The number of para-hydroxylation sites is 1. The van der Waals surface area contributed by atoms with Gasteiger partial charge in [-0.2, -0.15) is 0 Å². The maximum absolute atomic E-state index is 13.3. The number of furan rings is 1. The predicted octanol–water partition coefficient (Wildman–Crippen LogP) is 3.70. The van der Waals surface area contributed by atoms with Crippen LogP contribution in [0.2, 0.25) is 5.02 Å². The van der Waals surface area contributed by atoms with Crippen LogP contribution in [0.1, 0.15) is 23.8 Å². The molecule has 2 fully saturated rings. The van der Waals surface area contributed by atoms with Crippen LogP contribution in [-0.2, 0) is 29.1 Å². The Bertz CT molecular complexity index is 1160. The smallest absolute Gasteiger partial charge is 0.247 e. The van der Waals surface area contributed by atoms with Crippen LogP contribution in [0.4, 0.5) is 0 Å². The van der Waals surface area contributed by atoms with Crippen molar-refractivity contribution in [2.24, 2.45) is 0 Å². The molecule has 2 saturated heterocycles. The molecular weight excluding hydrogens is 426 g/mol. The van der Waals surface area contributed by atoms with Crippen molar-refractivity contribution in [3.05, 3.63) is 70.4 Å². The Morgan fingerprint density at radius 2 is 1.81 bits per heavy atom. The van der Waals surface area contributed by atoms with E-state index in [0.717, 1.165) is 35.3 Å². The molecular formula is C25H26ClN3O3. The van der Waals surface area contributed by atoms with Crippen LogP contribution in [0, 0.1) is 0 Å². The molecule has 0 aliphatic carbocycles. The summed E-state index contributed by atoms with van der Waals surface area (Å²) in [6.07, 6.45) is 0.819. The van der Waals surface area contributed by atoms with E-state index >= 15 is 0 Å². The number of carbonyl (C=O) groups is 2. The van der Waals surface area contributed by atoms with Crippen LogP contribution < -0.4 is 0 Å². The van der Waals surface area contributed by atoms with E-state index in [0.29, 0.717) is 31.2 Å². The highest BCUT2D eigenvalue weighted by Gasteiger charge is 2.42. The molecule has 1 unspecified atom stereocenters. The second kappa shape index (κ2) is 8.60. The number of hydrogen-bond acceptors (Lipinski definition) is 4. The maximum atomic E-state index is 13.3. The molecule has 3 aromatic rings. The molecule has 166 valence electrons. The van der Waals surface area contributed by atoms with Gasteiger partial charge in [0.25, 0.3) is 0 Å². The highest BCUT2D eigenvalue weighted by atomic mass is 35.5. The number of fused-ring (bicyclic) bond motifs is 2. The Hall–Kier alpha value is -2.83. The number of benzene rings is 2. The van der Waals surface area contributed by atoms with Gasteiger partial charge in [-0.1, -0.05) is 48.9 Å². The lowest BCUT2D eigenvalue weighted by molar-refractivity contribution is -0.160. The zero-order chi connectivity index (χ0) is 22.2. The molecule has 32 heavy (non-hydrogen) atoms. The molecule has 2 aliphatic heterocycles. The first-order valence-electron chi connectivity index (χ1n) is 11.1. The molecule has 0 bridgehead atoms. The second-order valence-electron chi connectivity index (χ2n) is 8.51. The van der Waals surface area contributed by atoms with Crippen molar-refractivity contribution in [2.75, 3.05) is 26.2 Å². The summed E-state index contributed by atoms with van der Waals surface area (Å²) in [4.78, 5) is 31.8. The molecule has 7 heteroatoms. The van der Waals surface area contributed by atoms with Crippen LogP contribution in [-0.4, -0.2) is 58.7 Å². The van der Waals surface area contributed by atoms with Gasteiger partial charge in [0.2, 0.25) is 11.8 Å². The first-order valence-corrected chi connectivity index (χ1v) is 11.5. The van der Waals surface area contributed by atoms with Gasteiger partial charge in [0.1, 0.15) is 23.9 Å². The van der Waals surface area contributed by atoms with Gasteiger partial charge in [0.15, 0.2) is 0 Å². The summed E-state index contributed by atoms with van der Waals surface area (Å²) in [5.41, 5.74) is 3.05. The molecule has 6 nitrogen and oxygen atoms in total. The Morgan fingerprint density at radius 3 is 2.59 bits per heavy atom. The van der Waals surface area contributed by atoms with Crippen molar-refractivity contribution in [1.29, 1.82) is 0 Å². The van der Waals surface area contributed by atoms with E-state index in [4.69, 9.17) is 16.0 Å². The van der Waals surface area contributed by atoms with E-state index in [1.807, 2.05) is 42.5 Å². The summed E-state index contributed by atoms with van der Waals surface area (Å²) in [7, 11) is 0. The average molecular weight is 452 g/mol. The number of nitrogens with zero attached hydrogens (tertiary/aromatic N) is 3. The standard InChI is InChI=1S/C25H26ClN3O3/c1-2-22-20(19-5-3-4-6-23(19)32-22)14-27-11-12-29-21(15-27)25(31)28(16-24(29)30)13-17-7-9-18(26)10-8-17/h3-10,21H,2,11-16H2,1H3. The summed E-state index contributed by atoms with van der Waals surface area (Å²) in [6.45, 7) is 5.20. The van der Waals surface area contributed by atoms with E-state index in [2.05, 4.69) is 17.9 Å². The topological polar surface area (TPSA) is 57.0 Å². The second-order valence-corrected chi connectivity index (χ2v) is 8.95. The number of rotatable bonds is 5. The largest absolute Gasteiger partial charge is 0.461 e. The van der Waals surface area contributed by atoms with Crippen molar-refractivity contribution >= 4 is 34.4 Å². The molecule has 0 spiro atoms. The first kappa shape index (κ1) is 21.0. The van der Waals surface area contributed by atoms with E-state index in [1.54, 1.807) is 9.80 Å². The molecule has 0 saturated carbocycles. The molecule has 2 aromatic carbocycles. The van der Waals surface area contributed by atoms with Crippen LogP contribution in [0.3, 0.4) is 0 Å². The zero-order valence-electron chi connectivity index (χ0n) is 18.1. The van der Waals surface area contributed by atoms with Gasteiger partial charge in [-0.3, -0.25) is 14.5 Å². The van der Waals surface area contributed by atoms with Gasteiger partial charge in [-0.15, -0.1) is 0 Å². The van der Waals surface area contributed by atoms with Crippen LogP contribution in [0.5, 0.6) is 0 Å². The SMILES string of the molecule is CCc1oc2ccccc2c1CN1CCN2C(=O)CN(Cc3ccc(Cl)cc3)C(=O)C2C1. The number of halogens is 1. The number of hydrogen-bond donors (Lipinski definition) is 0. The number of carbonyl (C=O) groups excluding carboxylic acids is 2. The number of piperazine rings is 2. The van der Waals surface area contributed by atoms with Crippen molar-refractivity contribution in [1.82, 2.24) is 14.7 Å². The van der Waals surface area contributed by atoms with Crippen molar-refractivity contribution in [2.45, 2.75) is 32.5 Å². The third-order valence-corrected chi connectivity index (χ3v) is 6.73. The third kappa shape index (κ3) is 3.89. The molecule has 2 amide bonds. The lowest BCUT2D eigenvalue weighted by Gasteiger charge is -2.46. The summed E-state index contributed by atoms with van der Waals surface area (Å²) >= 11 is 5.98. The minimum Gasteiger partial charge on any atom is -0.461 e. The molecule has 1 aromatic heterocycles. The fourth-order valence-electron chi connectivity index (χ4n) is 4.81. The van der Waals surface area contributed by atoms with Gasteiger partial charge in [-0.05, 0) is 23.8 Å². The van der Waals surface area contributed by atoms with E-state index in [-0.39, 0.29) is 18.4 Å². The normalized spacial score (nSPS) is 19.6. The minimum absolute atomic E-state index is 0.0111. The van der Waals surface area contributed by atoms with Crippen LogP contribution in [0.15, 0.2) is 52.9 Å². The van der Waals surface area contributed by atoms with E-state index in [9.17, 15) is 9.59 Å². The quantitative estimate of drug-likeness (QED) is 0.593. The molecule has 1 atom stereocenters. The molecule has 3 heterocycles. The summed E-state index contributed by atoms with van der Waals surface area (Å²) in [5.74, 6) is 1.02. The summed E-state index contributed by atoms with van der Waals surface area (Å²) < 4.78 is 6.05. The highest BCUT2D eigenvalue weighted by Crippen LogP contribution is 2.29. The van der Waals surface area contributed by atoms with Crippen molar-refractivity contribution < 1.29 is 14.0 Å². The maximum Gasteiger partial charge on any atom is 0.247 e. The Balaban J connectivity index is 1.34. The van der Waals surface area contributed by atoms with Gasteiger partial charge in [0.05, 0.1) is 0 Å². The van der Waals surface area contributed by atoms with Crippen LogP contribution in [0.25, 0.3) is 11.0 Å². The van der Waals surface area contributed by atoms with E-state index in [1.165, 1.54) is 5.56 Å². The monoisotopic (exact) mass is 451 g/mol. The lowest BCUT2D eigenvalue weighted by Crippen LogP contribution is -2.66. The van der Waals surface area contributed by atoms with Crippen molar-refractivity contribution in [3.63, 3.8) is 0 Å². The van der Waals surface area contributed by atoms with Gasteiger partial charge >= 0.3 is 0 Å². The molecule has 0 N–H and O–H groups in total. The molecule has 2 aliphatic rings. The third-order valence-electron chi connectivity index (χ3n) is 6.48.